The zero-order valence-electron chi connectivity index (χ0n) is 16.0. The number of carbonyl (C=O) groups is 1. The maximum atomic E-state index is 12.8. The third-order valence-corrected chi connectivity index (χ3v) is 6.25. The second-order valence-corrected chi connectivity index (χ2v) is 8.16. The number of aryl methyl sites for hydroxylation is 3. The molecule has 1 amide bonds. The third-order valence-electron chi connectivity index (χ3n) is 5.06. The van der Waals surface area contributed by atoms with Gasteiger partial charge in [-0.15, -0.1) is 11.3 Å². The van der Waals surface area contributed by atoms with Crippen LogP contribution in [0.1, 0.15) is 56.6 Å². The lowest BCUT2D eigenvalue weighted by atomic mass is 10.1. The number of amides is 1. The monoisotopic (exact) mass is 381 g/mol. The maximum Gasteiger partial charge on any atom is 0.261 e. The Kier molecular flexibility index (Phi) is 4.60. The van der Waals surface area contributed by atoms with Crippen LogP contribution in [0.15, 0.2) is 18.2 Å². The van der Waals surface area contributed by atoms with Gasteiger partial charge < -0.3 is 10.1 Å². The highest BCUT2D eigenvalue weighted by atomic mass is 32.1. The predicted molar refractivity (Wildman–Crippen MR) is 108 cm³/mol. The summed E-state index contributed by atoms with van der Waals surface area (Å²) in [5.41, 5.74) is 4.02. The summed E-state index contributed by atoms with van der Waals surface area (Å²) < 4.78 is 5.36. The summed E-state index contributed by atoms with van der Waals surface area (Å²) in [6, 6.07) is 5.97. The molecule has 1 aliphatic carbocycles. The minimum Gasteiger partial charge on any atom is -0.496 e. The van der Waals surface area contributed by atoms with Gasteiger partial charge in [-0.25, -0.2) is 9.97 Å². The van der Waals surface area contributed by atoms with Crippen molar-refractivity contribution in [2.75, 3.05) is 7.11 Å². The van der Waals surface area contributed by atoms with Crippen molar-refractivity contribution in [3.8, 4) is 5.75 Å². The molecule has 0 radical (unpaired) electrons. The summed E-state index contributed by atoms with van der Waals surface area (Å²) in [5.74, 6) is 2.20. The molecule has 0 unspecified atom stereocenters. The van der Waals surface area contributed by atoms with E-state index in [1.165, 1.54) is 24.2 Å². The second kappa shape index (κ2) is 6.93. The number of thiophene rings is 1. The molecular weight excluding hydrogens is 358 g/mol. The number of hydrogen-bond acceptors (Lipinski definition) is 5. The smallest absolute Gasteiger partial charge is 0.261 e. The van der Waals surface area contributed by atoms with Crippen LogP contribution in [0.3, 0.4) is 0 Å². The second-order valence-electron chi connectivity index (χ2n) is 7.16. The fraction of sp³-hybridized carbons (Fsp3) is 0.381. The average molecular weight is 382 g/mol. The van der Waals surface area contributed by atoms with Crippen molar-refractivity contribution in [2.24, 2.45) is 0 Å². The first-order valence-corrected chi connectivity index (χ1v) is 9.99. The first-order chi connectivity index (χ1) is 13.0. The number of benzene rings is 1. The first kappa shape index (κ1) is 17.9. The number of nitrogens with one attached hydrogen (secondary N) is 1. The zero-order chi connectivity index (χ0) is 19.1. The van der Waals surface area contributed by atoms with Gasteiger partial charge in [0.2, 0.25) is 0 Å². The molecule has 1 aromatic carbocycles. The SMILES string of the molecule is COc1cc(CNC(=O)c2sc3nc(C4CC4)nc(C)c3c2C)ccc1C. The molecule has 0 atom stereocenters. The van der Waals surface area contributed by atoms with Crippen LogP contribution < -0.4 is 10.1 Å². The van der Waals surface area contributed by atoms with Gasteiger partial charge >= 0.3 is 0 Å². The minimum atomic E-state index is -0.0672. The lowest BCUT2D eigenvalue weighted by Crippen LogP contribution is -2.22. The molecule has 2 aromatic heterocycles. The molecule has 27 heavy (non-hydrogen) atoms. The van der Waals surface area contributed by atoms with Crippen molar-refractivity contribution in [3.05, 3.63) is 51.3 Å². The molecule has 1 aliphatic rings. The Balaban J connectivity index is 1.57. The fourth-order valence-corrected chi connectivity index (χ4v) is 4.49. The topological polar surface area (TPSA) is 64.1 Å². The van der Waals surface area contributed by atoms with Crippen LogP contribution in [-0.4, -0.2) is 23.0 Å². The Hall–Kier alpha value is -2.47. The molecule has 2 heterocycles. The normalized spacial score (nSPS) is 13.8. The Morgan fingerprint density at radius 2 is 2.04 bits per heavy atom. The van der Waals surface area contributed by atoms with E-state index >= 15 is 0 Å². The molecule has 1 fully saturated rings. The summed E-state index contributed by atoms with van der Waals surface area (Å²) >= 11 is 1.46. The van der Waals surface area contributed by atoms with E-state index in [0.29, 0.717) is 12.5 Å². The summed E-state index contributed by atoms with van der Waals surface area (Å²) in [4.78, 5) is 23.8. The summed E-state index contributed by atoms with van der Waals surface area (Å²) in [6.07, 6.45) is 2.34. The summed E-state index contributed by atoms with van der Waals surface area (Å²) in [5, 5.41) is 4.04. The molecule has 0 aliphatic heterocycles. The molecule has 1 saturated carbocycles. The summed E-state index contributed by atoms with van der Waals surface area (Å²) in [7, 11) is 1.66. The van der Waals surface area contributed by atoms with Crippen LogP contribution in [0.5, 0.6) is 5.75 Å². The zero-order valence-corrected chi connectivity index (χ0v) is 16.9. The van der Waals surface area contributed by atoms with Crippen LogP contribution in [0, 0.1) is 20.8 Å². The Morgan fingerprint density at radius 3 is 2.74 bits per heavy atom. The minimum absolute atomic E-state index is 0.0672. The molecule has 0 spiro atoms. The Labute approximate surface area is 162 Å². The van der Waals surface area contributed by atoms with Gasteiger partial charge in [-0.1, -0.05) is 12.1 Å². The van der Waals surface area contributed by atoms with Gasteiger partial charge in [-0.05, 0) is 56.4 Å². The highest BCUT2D eigenvalue weighted by molar-refractivity contribution is 7.20. The molecule has 3 aromatic rings. The van der Waals surface area contributed by atoms with E-state index < -0.39 is 0 Å². The van der Waals surface area contributed by atoms with E-state index in [0.717, 1.165) is 49.1 Å². The lowest BCUT2D eigenvalue weighted by Gasteiger charge is -2.09. The molecule has 5 nitrogen and oxygen atoms in total. The fourth-order valence-electron chi connectivity index (χ4n) is 3.34. The van der Waals surface area contributed by atoms with Crippen LogP contribution in [0.25, 0.3) is 10.2 Å². The predicted octanol–water partition coefficient (Wildman–Crippen LogP) is 4.43. The van der Waals surface area contributed by atoms with E-state index in [1.807, 2.05) is 39.0 Å². The molecule has 6 heteroatoms. The van der Waals surface area contributed by atoms with Crippen molar-refractivity contribution in [2.45, 2.75) is 46.1 Å². The van der Waals surface area contributed by atoms with Gasteiger partial charge in [0.25, 0.3) is 5.91 Å². The van der Waals surface area contributed by atoms with Gasteiger partial charge in [0.1, 0.15) is 16.4 Å². The number of ether oxygens (including phenoxy) is 1. The van der Waals surface area contributed by atoms with Gasteiger partial charge in [-0.3, -0.25) is 4.79 Å². The molecule has 140 valence electrons. The van der Waals surface area contributed by atoms with E-state index in [2.05, 4.69) is 10.3 Å². The van der Waals surface area contributed by atoms with Crippen molar-refractivity contribution in [3.63, 3.8) is 0 Å². The molecule has 1 N–H and O–H groups in total. The number of hydrogen-bond donors (Lipinski definition) is 1. The molecule has 0 bridgehead atoms. The number of nitrogens with zero attached hydrogens (tertiary/aromatic N) is 2. The van der Waals surface area contributed by atoms with E-state index in [-0.39, 0.29) is 5.91 Å². The van der Waals surface area contributed by atoms with E-state index in [4.69, 9.17) is 9.72 Å². The lowest BCUT2D eigenvalue weighted by molar-refractivity contribution is 0.0954. The third kappa shape index (κ3) is 3.41. The van der Waals surface area contributed by atoms with E-state index in [1.54, 1.807) is 7.11 Å². The molecule has 4 rings (SSSR count). The van der Waals surface area contributed by atoms with Gasteiger partial charge in [0.05, 0.1) is 17.7 Å². The average Bonchev–Trinajstić information content (AvgIpc) is 3.44. The van der Waals surface area contributed by atoms with Crippen LogP contribution in [0.4, 0.5) is 0 Å². The molecular formula is C21H23N3O2S. The van der Waals surface area contributed by atoms with Crippen molar-refractivity contribution in [1.82, 2.24) is 15.3 Å². The first-order valence-electron chi connectivity index (χ1n) is 9.17. The Morgan fingerprint density at radius 1 is 1.26 bits per heavy atom. The largest absolute Gasteiger partial charge is 0.496 e. The number of carbonyl (C=O) groups excluding carboxylic acids is 1. The van der Waals surface area contributed by atoms with E-state index in [9.17, 15) is 4.79 Å². The standard InChI is InChI=1S/C21H23N3O2S/c1-11-5-6-14(9-16(11)26-4)10-22-20(25)18-12(2)17-13(3)23-19(15-7-8-15)24-21(17)27-18/h5-6,9,15H,7-8,10H2,1-4H3,(H,22,25). The highest BCUT2D eigenvalue weighted by Crippen LogP contribution is 2.40. The highest BCUT2D eigenvalue weighted by Gasteiger charge is 2.28. The number of aromatic nitrogens is 2. The van der Waals surface area contributed by atoms with Crippen molar-refractivity contribution in [1.29, 1.82) is 0 Å². The number of rotatable bonds is 5. The van der Waals surface area contributed by atoms with Crippen LogP contribution >= 0.6 is 11.3 Å². The van der Waals surface area contributed by atoms with Crippen LogP contribution in [-0.2, 0) is 6.54 Å². The number of fused-ring (bicyclic) bond motifs is 1. The Bertz CT molecular complexity index is 1040. The number of methoxy groups -OCH3 is 1. The molecule has 0 saturated heterocycles. The summed E-state index contributed by atoms with van der Waals surface area (Å²) in [6.45, 7) is 6.45. The quantitative estimate of drug-likeness (QED) is 0.710. The van der Waals surface area contributed by atoms with Crippen molar-refractivity contribution >= 4 is 27.5 Å². The van der Waals surface area contributed by atoms with Crippen molar-refractivity contribution < 1.29 is 9.53 Å². The maximum absolute atomic E-state index is 12.8. The van der Waals surface area contributed by atoms with Gasteiger partial charge in [-0.2, -0.15) is 0 Å². The van der Waals surface area contributed by atoms with Gasteiger partial charge in [0, 0.05) is 17.8 Å². The van der Waals surface area contributed by atoms with Crippen LogP contribution in [0.2, 0.25) is 0 Å². The van der Waals surface area contributed by atoms with Gasteiger partial charge in [0.15, 0.2) is 0 Å².